The monoisotopic (exact) mass is 242 g/mol. The maximum Gasteiger partial charge on any atom is 0.184 e. The molecule has 86 valence electrons. The van der Waals surface area contributed by atoms with E-state index in [1.807, 2.05) is 13.8 Å². The van der Waals surface area contributed by atoms with Crippen molar-refractivity contribution in [1.82, 2.24) is 0 Å². The van der Waals surface area contributed by atoms with Crippen LogP contribution in [0.4, 0.5) is 20.2 Å². The Balaban J connectivity index is 2.64. The van der Waals surface area contributed by atoms with Crippen LogP contribution in [-0.4, -0.2) is 10.5 Å². The van der Waals surface area contributed by atoms with Crippen LogP contribution in [0.5, 0.6) is 0 Å². The van der Waals surface area contributed by atoms with E-state index in [1.54, 1.807) is 6.92 Å². The summed E-state index contributed by atoms with van der Waals surface area (Å²) in [7, 11) is 0. The molecule has 2 rings (SSSR count). The van der Waals surface area contributed by atoms with Crippen molar-refractivity contribution in [2.24, 2.45) is 0 Å². The Bertz CT molecular complexity index is 483. The second kappa shape index (κ2) is 3.38. The third-order valence-electron chi connectivity index (χ3n) is 2.66. The Hall–Kier alpha value is -1.23. The Labute approximate surface area is 98.0 Å². The second-order valence-electron chi connectivity index (χ2n) is 4.44. The molecule has 2 N–H and O–H groups in total. The fourth-order valence-electron chi connectivity index (χ4n) is 1.67. The molecule has 1 aromatic carbocycles. The highest BCUT2D eigenvalue weighted by Crippen LogP contribution is 2.37. The molecule has 5 heteroatoms. The van der Waals surface area contributed by atoms with Crippen molar-refractivity contribution in [3.8, 4) is 0 Å². The van der Waals surface area contributed by atoms with Gasteiger partial charge in [-0.25, -0.2) is 8.78 Å². The van der Waals surface area contributed by atoms with Crippen LogP contribution < -0.4 is 10.6 Å². The fraction of sp³-hybridized carbons (Fsp3) is 0.364. The molecular weight excluding hydrogens is 230 g/mol. The second-order valence-corrected chi connectivity index (χ2v) is 4.85. The number of anilines is 2. The molecule has 0 spiro atoms. The lowest BCUT2D eigenvalue weighted by Crippen LogP contribution is -2.47. The molecule has 0 amide bonds. The number of hydrogen-bond acceptors (Lipinski definition) is 2. The SMILES string of the molecule is Cc1cc(F)c(F)c2c1NC(=S)C(C)(C)N2. The molecule has 1 heterocycles. The van der Waals surface area contributed by atoms with Crippen LogP contribution >= 0.6 is 12.2 Å². The minimum Gasteiger partial charge on any atom is -0.370 e. The number of thiocarbonyl (C=S) groups is 1. The summed E-state index contributed by atoms with van der Waals surface area (Å²) >= 11 is 5.16. The average molecular weight is 242 g/mol. The zero-order chi connectivity index (χ0) is 12.1. The van der Waals surface area contributed by atoms with Crippen LogP contribution in [0.1, 0.15) is 19.4 Å². The van der Waals surface area contributed by atoms with E-state index in [9.17, 15) is 8.78 Å². The van der Waals surface area contributed by atoms with Crippen LogP contribution in [0.2, 0.25) is 0 Å². The molecule has 2 nitrogen and oxygen atoms in total. The molecule has 0 saturated heterocycles. The first-order valence-electron chi connectivity index (χ1n) is 4.91. The lowest BCUT2D eigenvalue weighted by atomic mass is 9.99. The van der Waals surface area contributed by atoms with E-state index in [1.165, 1.54) is 0 Å². The van der Waals surface area contributed by atoms with Gasteiger partial charge in [-0.2, -0.15) is 0 Å². The number of halogens is 2. The lowest BCUT2D eigenvalue weighted by molar-refractivity contribution is 0.508. The Morgan fingerprint density at radius 1 is 1.25 bits per heavy atom. The van der Waals surface area contributed by atoms with Crippen LogP contribution in [0.3, 0.4) is 0 Å². The molecule has 0 atom stereocenters. The summed E-state index contributed by atoms with van der Waals surface area (Å²) in [6, 6.07) is 1.16. The molecule has 16 heavy (non-hydrogen) atoms. The number of rotatable bonds is 0. The van der Waals surface area contributed by atoms with E-state index in [0.717, 1.165) is 6.07 Å². The Morgan fingerprint density at radius 2 is 1.88 bits per heavy atom. The summed E-state index contributed by atoms with van der Waals surface area (Å²) in [5.74, 6) is -1.72. The van der Waals surface area contributed by atoms with Crippen LogP contribution in [0.25, 0.3) is 0 Å². The van der Waals surface area contributed by atoms with Crippen LogP contribution in [0, 0.1) is 18.6 Å². The van der Waals surface area contributed by atoms with Crippen molar-refractivity contribution in [2.75, 3.05) is 10.6 Å². The summed E-state index contributed by atoms with van der Waals surface area (Å²) in [4.78, 5) is 0.564. The van der Waals surface area contributed by atoms with Gasteiger partial charge in [0.2, 0.25) is 0 Å². The number of hydrogen-bond donors (Lipinski definition) is 2. The molecule has 0 aliphatic carbocycles. The summed E-state index contributed by atoms with van der Waals surface area (Å²) in [6.07, 6.45) is 0. The fourth-order valence-corrected chi connectivity index (χ4v) is 1.82. The number of aryl methyl sites for hydroxylation is 1. The molecule has 1 aromatic rings. The van der Waals surface area contributed by atoms with E-state index in [-0.39, 0.29) is 5.69 Å². The lowest BCUT2D eigenvalue weighted by Gasteiger charge is -2.36. The standard InChI is InChI=1S/C11H12F2N2S/c1-5-4-6(12)7(13)9-8(5)14-10(16)11(2,3)15-9/h4,15H,1-3H3,(H,14,16). The molecule has 1 aliphatic heterocycles. The topological polar surface area (TPSA) is 24.1 Å². The summed E-state index contributed by atoms with van der Waals surface area (Å²) in [5, 5.41) is 5.87. The quantitative estimate of drug-likeness (QED) is 0.683. The Kier molecular flexibility index (Phi) is 2.38. The summed E-state index contributed by atoms with van der Waals surface area (Å²) < 4.78 is 26.9. The van der Waals surface area contributed by atoms with E-state index >= 15 is 0 Å². The Morgan fingerprint density at radius 3 is 2.50 bits per heavy atom. The molecule has 0 fully saturated rings. The summed E-state index contributed by atoms with van der Waals surface area (Å²) in [5.41, 5.74) is 0.710. The zero-order valence-corrected chi connectivity index (χ0v) is 10.1. The molecular formula is C11H12F2N2S. The number of nitrogens with one attached hydrogen (secondary N) is 2. The summed E-state index contributed by atoms with van der Waals surface area (Å²) in [6.45, 7) is 5.33. The van der Waals surface area contributed by atoms with Gasteiger partial charge in [-0.15, -0.1) is 0 Å². The van der Waals surface area contributed by atoms with Crippen molar-refractivity contribution in [3.63, 3.8) is 0 Å². The van der Waals surface area contributed by atoms with E-state index in [4.69, 9.17) is 12.2 Å². The highest BCUT2D eigenvalue weighted by Gasteiger charge is 2.33. The predicted octanol–water partition coefficient (Wildman–Crippen LogP) is 3.22. The van der Waals surface area contributed by atoms with Gasteiger partial charge in [0.15, 0.2) is 11.6 Å². The maximum absolute atomic E-state index is 13.6. The molecule has 1 aliphatic rings. The predicted molar refractivity (Wildman–Crippen MR) is 65.0 cm³/mol. The van der Waals surface area contributed by atoms with Gasteiger partial charge in [0.25, 0.3) is 0 Å². The number of fused-ring (bicyclic) bond motifs is 1. The van der Waals surface area contributed by atoms with Crippen molar-refractivity contribution in [1.29, 1.82) is 0 Å². The van der Waals surface area contributed by atoms with Crippen LogP contribution in [0.15, 0.2) is 6.07 Å². The van der Waals surface area contributed by atoms with Gasteiger partial charge in [0.05, 0.1) is 16.9 Å². The average Bonchev–Trinajstić information content (AvgIpc) is 2.18. The van der Waals surface area contributed by atoms with Crippen molar-refractivity contribution in [3.05, 3.63) is 23.3 Å². The first-order valence-corrected chi connectivity index (χ1v) is 5.32. The van der Waals surface area contributed by atoms with Gasteiger partial charge in [0.1, 0.15) is 4.99 Å². The smallest absolute Gasteiger partial charge is 0.184 e. The first kappa shape index (κ1) is 11.3. The minimum atomic E-state index is -0.872. The molecule has 0 saturated carbocycles. The first-order chi connectivity index (χ1) is 7.33. The van der Waals surface area contributed by atoms with Gasteiger partial charge < -0.3 is 10.6 Å². The molecule has 0 unspecified atom stereocenters. The van der Waals surface area contributed by atoms with Gasteiger partial charge in [-0.3, -0.25) is 0 Å². The third kappa shape index (κ3) is 1.55. The van der Waals surface area contributed by atoms with Crippen molar-refractivity contribution >= 4 is 28.6 Å². The van der Waals surface area contributed by atoms with Crippen molar-refractivity contribution < 1.29 is 8.78 Å². The van der Waals surface area contributed by atoms with Gasteiger partial charge in [0, 0.05) is 0 Å². The number of benzene rings is 1. The van der Waals surface area contributed by atoms with Gasteiger partial charge >= 0.3 is 0 Å². The van der Waals surface area contributed by atoms with Crippen LogP contribution in [-0.2, 0) is 0 Å². The maximum atomic E-state index is 13.6. The van der Waals surface area contributed by atoms with Gasteiger partial charge in [-0.1, -0.05) is 12.2 Å². The minimum absolute atomic E-state index is 0.149. The molecule has 0 aromatic heterocycles. The molecule has 0 radical (unpaired) electrons. The van der Waals surface area contributed by atoms with Crippen molar-refractivity contribution in [2.45, 2.75) is 26.3 Å². The van der Waals surface area contributed by atoms with E-state index in [0.29, 0.717) is 16.2 Å². The highest BCUT2D eigenvalue weighted by atomic mass is 32.1. The van der Waals surface area contributed by atoms with E-state index < -0.39 is 17.2 Å². The largest absolute Gasteiger partial charge is 0.370 e. The highest BCUT2D eigenvalue weighted by molar-refractivity contribution is 7.80. The van der Waals surface area contributed by atoms with Gasteiger partial charge in [-0.05, 0) is 32.4 Å². The zero-order valence-electron chi connectivity index (χ0n) is 9.24. The normalized spacial score (nSPS) is 17.4. The molecule has 0 bridgehead atoms. The van der Waals surface area contributed by atoms with E-state index in [2.05, 4.69) is 10.6 Å². The third-order valence-corrected chi connectivity index (χ3v) is 3.27.